The molecule has 0 amide bonds. The van der Waals surface area contributed by atoms with Gasteiger partial charge in [-0.1, -0.05) is 0 Å². The lowest BCUT2D eigenvalue weighted by Gasteiger charge is -1.98. The average molecular weight is 154 g/mol. The summed E-state index contributed by atoms with van der Waals surface area (Å²) in [5.41, 5.74) is 0. The molecule has 0 bridgehead atoms. The number of Topliss-reactive ketones (excluding diaryl/α,β-unsaturated/α-hetero) is 1. The molecule has 1 rings (SSSR count). The molecule has 0 aliphatic carbocycles. The second kappa shape index (κ2) is 3.30. The number of nitrogens with one attached hydrogen (secondary N) is 1. The smallest absolute Gasteiger partial charge is 0.200 e. The molecule has 4 nitrogen and oxygen atoms in total. The van der Waals surface area contributed by atoms with E-state index in [0.717, 1.165) is 0 Å². The highest BCUT2D eigenvalue weighted by molar-refractivity contribution is 5.92. The number of nitrogens with zero attached hydrogens (tertiary/aromatic N) is 1. The highest BCUT2D eigenvalue weighted by Crippen LogP contribution is 1.98. The first-order valence-corrected chi connectivity index (χ1v) is 3.41. The van der Waals surface area contributed by atoms with Gasteiger partial charge in [-0.25, -0.2) is 4.98 Å². The van der Waals surface area contributed by atoms with Crippen molar-refractivity contribution in [1.29, 1.82) is 0 Å². The number of carbonyl (C=O) groups excluding carboxylic acids is 1. The lowest BCUT2D eigenvalue weighted by atomic mass is 10.2. The summed E-state index contributed by atoms with van der Waals surface area (Å²) in [6.07, 6.45) is 2.60. The Labute approximate surface area is 64.3 Å². The molecule has 11 heavy (non-hydrogen) atoms. The summed E-state index contributed by atoms with van der Waals surface area (Å²) in [6.45, 7) is 1.57. The average Bonchev–Trinajstić information content (AvgIpc) is 2.35. The van der Waals surface area contributed by atoms with Crippen molar-refractivity contribution < 1.29 is 9.90 Å². The zero-order valence-electron chi connectivity index (χ0n) is 6.24. The van der Waals surface area contributed by atoms with Crippen molar-refractivity contribution >= 4 is 5.78 Å². The minimum Gasteiger partial charge on any atom is -0.393 e. The molecule has 0 aliphatic rings. The van der Waals surface area contributed by atoms with Crippen molar-refractivity contribution in [3.05, 3.63) is 18.2 Å². The van der Waals surface area contributed by atoms with Crippen LogP contribution in [0.4, 0.5) is 0 Å². The van der Waals surface area contributed by atoms with Gasteiger partial charge >= 0.3 is 0 Å². The van der Waals surface area contributed by atoms with Crippen LogP contribution in [0.25, 0.3) is 0 Å². The maximum absolute atomic E-state index is 11.1. The second-order valence-corrected chi connectivity index (χ2v) is 2.41. The molecule has 2 N–H and O–H groups in total. The van der Waals surface area contributed by atoms with Crippen molar-refractivity contribution in [1.82, 2.24) is 9.97 Å². The van der Waals surface area contributed by atoms with Gasteiger partial charge in [0.05, 0.1) is 6.10 Å². The number of hydrogen-bond donors (Lipinski definition) is 2. The van der Waals surface area contributed by atoms with E-state index in [1.54, 1.807) is 13.1 Å². The van der Waals surface area contributed by atoms with Crippen LogP contribution in [0.5, 0.6) is 0 Å². The number of H-pyrrole nitrogens is 1. The first kappa shape index (κ1) is 7.94. The first-order valence-electron chi connectivity index (χ1n) is 3.41. The lowest BCUT2D eigenvalue weighted by molar-refractivity contribution is 0.0892. The Bertz CT molecular complexity index is 229. The fourth-order valence-electron chi connectivity index (χ4n) is 0.783. The van der Waals surface area contributed by atoms with Crippen LogP contribution in [0.1, 0.15) is 24.0 Å². The Hall–Kier alpha value is -1.16. The molecule has 4 heteroatoms. The molecule has 0 saturated carbocycles. The molecule has 0 aromatic carbocycles. The van der Waals surface area contributed by atoms with Crippen LogP contribution in [0.3, 0.4) is 0 Å². The first-order chi connectivity index (χ1) is 5.20. The summed E-state index contributed by atoms with van der Waals surface area (Å²) in [5, 5.41) is 8.86. The number of aliphatic hydroxyl groups is 1. The third-order valence-electron chi connectivity index (χ3n) is 1.24. The predicted molar refractivity (Wildman–Crippen MR) is 39.2 cm³/mol. The van der Waals surface area contributed by atoms with Crippen LogP contribution in [0.2, 0.25) is 0 Å². The summed E-state index contributed by atoms with van der Waals surface area (Å²) >= 11 is 0. The third-order valence-corrected chi connectivity index (χ3v) is 1.24. The zero-order chi connectivity index (χ0) is 8.27. The highest BCUT2D eigenvalue weighted by Gasteiger charge is 2.10. The van der Waals surface area contributed by atoms with Crippen LogP contribution in [-0.4, -0.2) is 27.0 Å². The van der Waals surface area contributed by atoms with Crippen molar-refractivity contribution in [2.45, 2.75) is 19.4 Å². The molecule has 60 valence electrons. The number of aliphatic hydroxyl groups excluding tert-OH is 1. The normalized spacial score (nSPS) is 12.9. The van der Waals surface area contributed by atoms with Gasteiger partial charge in [0.1, 0.15) is 0 Å². The largest absolute Gasteiger partial charge is 0.393 e. The van der Waals surface area contributed by atoms with Crippen LogP contribution >= 0.6 is 0 Å². The van der Waals surface area contributed by atoms with Gasteiger partial charge in [-0.15, -0.1) is 0 Å². The monoisotopic (exact) mass is 154 g/mol. The SMILES string of the molecule is C[C@H](O)CC(=O)c1ncc[nH]1. The number of ketones is 1. The Balaban J connectivity index is 2.57. The number of hydrogen-bond acceptors (Lipinski definition) is 3. The predicted octanol–water partition coefficient (Wildman–Crippen LogP) is 0.363. The summed E-state index contributed by atoms with van der Waals surface area (Å²) in [6, 6.07) is 0. The number of carbonyl (C=O) groups is 1. The summed E-state index contributed by atoms with van der Waals surface area (Å²) < 4.78 is 0. The Kier molecular flexibility index (Phi) is 2.38. The van der Waals surface area contributed by atoms with E-state index < -0.39 is 6.10 Å². The number of aromatic nitrogens is 2. The standard InChI is InChI=1S/C7H10N2O2/c1-5(10)4-6(11)7-8-2-3-9-7/h2-3,5,10H,4H2,1H3,(H,8,9)/t5-/m0/s1. The lowest BCUT2D eigenvalue weighted by Crippen LogP contribution is -2.10. The van der Waals surface area contributed by atoms with E-state index in [4.69, 9.17) is 5.11 Å². The molecule has 0 saturated heterocycles. The van der Waals surface area contributed by atoms with Crippen molar-refractivity contribution in [2.75, 3.05) is 0 Å². The maximum atomic E-state index is 11.1. The van der Waals surface area contributed by atoms with E-state index in [0.29, 0.717) is 5.82 Å². The van der Waals surface area contributed by atoms with Crippen molar-refractivity contribution in [2.24, 2.45) is 0 Å². The van der Waals surface area contributed by atoms with Crippen LogP contribution in [-0.2, 0) is 0 Å². The second-order valence-electron chi connectivity index (χ2n) is 2.41. The Morgan fingerprint density at radius 1 is 1.91 bits per heavy atom. The number of aromatic amines is 1. The van der Waals surface area contributed by atoms with E-state index in [1.807, 2.05) is 0 Å². The molecule has 1 aromatic heterocycles. The maximum Gasteiger partial charge on any atom is 0.200 e. The van der Waals surface area contributed by atoms with Gasteiger partial charge in [0.15, 0.2) is 5.82 Å². The van der Waals surface area contributed by atoms with Crippen molar-refractivity contribution in [3.63, 3.8) is 0 Å². The topological polar surface area (TPSA) is 66.0 Å². The fourth-order valence-corrected chi connectivity index (χ4v) is 0.783. The molecule has 0 fully saturated rings. The van der Waals surface area contributed by atoms with Crippen molar-refractivity contribution in [3.8, 4) is 0 Å². The van der Waals surface area contributed by atoms with Gasteiger partial charge in [0, 0.05) is 18.8 Å². The molecule has 0 unspecified atom stereocenters. The third kappa shape index (κ3) is 2.16. The molecule has 0 aliphatic heterocycles. The van der Waals surface area contributed by atoms with E-state index in [2.05, 4.69) is 9.97 Å². The summed E-state index contributed by atoms with van der Waals surface area (Å²) in [7, 11) is 0. The van der Waals surface area contributed by atoms with E-state index in [-0.39, 0.29) is 12.2 Å². The number of rotatable bonds is 3. The quantitative estimate of drug-likeness (QED) is 0.618. The molecule has 1 atom stereocenters. The highest BCUT2D eigenvalue weighted by atomic mass is 16.3. The minimum atomic E-state index is -0.604. The van der Waals surface area contributed by atoms with Crippen LogP contribution < -0.4 is 0 Å². The molecular formula is C7H10N2O2. The molecule has 0 radical (unpaired) electrons. The van der Waals surface area contributed by atoms with Gasteiger partial charge in [0.25, 0.3) is 0 Å². The van der Waals surface area contributed by atoms with Gasteiger partial charge < -0.3 is 10.1 Å². The minimum absolute atomic E-state index is 0.119. The van der Waals surface area contributed by atoms with Gasteiger partial charge in [-0.05, 0) is 6.92 Å². The van der Waals surface area contributed by atoms with E-state index in [1.165, 1.54) is 6.20 Å². The van der Waals surface area contributed by atoms with E-state index >= 15 is 0 Å². The molecule has 0 spiro atoms. The fraction of sp³-hybridized carbons (Fsp3) is 0.429. The van der Waals surface area contributed by atoms with Crippen LogP contribution in [0, 0.1) is 0 Å². The van der Waals surface area contributed by atoms with Crippen LogP contribution in [0.15, 0.2) is 12.4 Å². The molecule has 1 heterocycles. The van der Waals surface area contributed by atoms with Gasteiger partial charge in [-0.3, -0.25) is 4.79 Å². The van der Waals surface area contributed by atoms with Gasteiger partial charge in [0.2, 0.25) is 5.78 Å². The number of imidazole rings is 1. The Morgan fingerprint density at radius 3 is 3.09 bits per heavy atom. The molecule has 1 aromatic rings. The van der Waals surface area contributed by atoms with Gasteiger partial charge in [-0.2, -0.15) is 0 Å². The zero-order valence-corrected chi connectivity index (χ0v) is 6.24. The van der Waals surface area contributed by atoms with E-state index in [9.17, 15) is 4.79 Å². The summed E-state index contributed by atoms with van der Waals surface area (Å²) in [5.74, 6) is 0.149. The molecular weight excluding hydrogens is 144 g/mol. The summed E-state index contributed by atoms with van der Waals surface area (Å²) in [4.78, 5) is 17.5. The Morgan fingerprint density at radius 2 is 2.64 bits per heavy atom.